The number of rotatable bonds is 6. The van der Waals surface area contributed by atoms with Crippen molar-refractivity contribution in [2.45, 2.75) is 12.5 Å². The molecule has 3 N–H and O–H groups in total. The van der Waals surface area contributed by atoms with Gasteiger partial charge >= 0.3 is 6.03 Å². The molecule has 0 radical (unpaired) electrons. The molecule has 1 aliphatic heterocycles. The van der Waals surface area contributed by atoms with Crippen LogP contribution in [0.25, 0.3) is 0 Å². The third-order valence-electron chi connectivity index (χ3n) is 3.66. The van der Waals surface area contributed by atoms with Gasteiger partial charge in [-0.05, 0) is 23.6 Å². The number of likely N-dealkylation sites (N-methyl/N-ethyl adjacent to an activating group) is 1. The molecule has 1 heterocycles. The molecule has 0 aromatic heterocycles. The van der Waals surface area contributed by atoms with Crippen LogP contribution in [0.1, 0.15) is 17.2 Å². The van der Waals surface area contributed by atoms with E-state index in [4.69, 9.17) is 4.74 Å². The van der Waals surface area contributed by atoms with Crippen molar-refractivity contribution in [3.05, 3.63) is 29.3 Å². The highest BCUT2D eigenvalue weighted by Crippen LogP contribution is 2.29. The van der Waals surface area contributed by atoms with E-state index in [1.54, 1.807) is 7.11 Å². The Bertz CT molecular complexity index is 493. The van der Waals surface area contributed by atoms with Gasteiger partial charge in [-0.25, -0.2) is 4.79 Å². The molecule has 2 rings (SSSR count). The quantitative estimate of drug-likeness (QED) is 0.674. The minimum absolute atomic E-state index is 0.188. The molecule has 1 aromatic carbocycles. The van der Waals surface area contributed by atoms with E-state index in [1.807, 2.05) is 18.2 Å². The van der Waals surface area contributed by atoms with Gasteiger partial charge in [0.1, 0.15) is 0 Å². The van der Waals surface area contributed by atoms with Crippen molar-refractivity contribution in [2.75, 3.05) is 45.3 Å². The lowest BCUT2D eigenvalue weighted by molar-refractivity contribution is 0.170. The number of hydrogen-bond acceptors (Lipinski definition) is 4. The number of ether oxygens (including phenoxy) is 1. The molecule has 2 amide bonds. The van der Waals surface area contributed by atoms with Gasteiger partial charge in [-0.15, -0.1) is 0 Å². The second-order valence-corrected chi connectivity index (χ2v) is 5.21. The van der Waals surface area contributed by atoms with Gasteiger partial charge in [0.2, 0.25) is 0 Å². The SMILES string of the molecule is COCCNC(=O)NC[C@H](O)c1ccc2c(c1)CCN2C. The van der Waals surface area contributed by atoms with Crippen molar-refractivity contribution in [2.24, 2.45) is 0 Å². The lowest BCUT2D eigenvalue weighted by Gasteiger charge is -2.15. The molecule has 1 atom stereocenters. The number of carbonyl (C=O) groups is 1. The van der Waals surface area contributed by atoms with Gasteiger partial charge < -0.3 is 25.4 Å². The maximum atomic E-state index is 11.5. The first-order valence-electron chi connectivity index (χ1n) is 7.14. The third kappa shape index (κ3) is 4.09. The Hall–Kier alpha value is -1.79. The lowest BCUT2D eigenvalue weighted by atomic mass is 10.0. The molecule has 0 saturated carbocycles. The largest absolute Gasteiger partial charge is 0.387 e. The number of anilines is 1. The summed E-state index contributed by atoms with van der Waals surface area (Å²) in [6.07, 6.45) is 0.298. The highest BCUT2D eigenvalue weighted by atomic mass is 16.5. The maximum absolute atomic E-state index is 11.5. The van der Waals surface area contributed by atoms with Gasteiger partial charge in [-0.2, -0.15) is 0 Å². The van der Waals surface area contributed by atoms with Gasteiger partial charge in [-0.3, -0.25) is 0 Å². The molecular weight excluding hydrogens is 270 g/mol. The maximum Gasteiger partial charge on any atom is 0.314 e. The Balaban J connectivity index is 1.84. The van der Waals surface area contributed by atoms with Crippen LogP contribution in [0.3, 0.4) is 0 Å². The van der Waals surface area contributed by atoms with Crippen LogP contribution < -0.4 is 15.5 Å². The van der Waals surface area contributed by atoms with Crippen molar-refractivity contribution < 1.29 is 14.6 Å². The predicted molar refractivity (Wildman–Crippen MR) is 81.7 cm³/mol. The number of carbonyl (C=O) groups excluding carboxylic acids is 1. The Morgan fingerprint density at radius 2 is 2.29 bits per heavy atom. The zero-order valence-corrected chi connectivity index (χ0v) is 12.6. The average molecular weight is 293 g/mol. The first-order chi connectivity index (χ1) is 10.1. The van der Waals surface area contributed by atoms with E-state index in [9.17, 15) is 9.90 Å². The minimum atomic E-state index is -0.700. The Morgan fingerprint density at radius 3 is 3.05 bits per heavy atom. The number of nitrogens with one attached hydrogen (secondary N) is 2. The summed E-state index contributed by atoms with van der Waals surface area (Å²) in [5.41, 5.74) is 3.30. The molecular formula is C15H23N3O3. The van der Waals surface area contributed by atoms with Crippen molar-refractivity contribution in [3.8, 4) is 0 Å². The molecule has 0 aliphatic carbocycles. The summed E-state index contributed by atoms with van der Waals surface area (Å²) in [6.45, 7) is 2.11. The summed E-state index contributed by atoms with van der Waals surface area (Å²) < 4.78 is 4.84. The molecule has 21 heavy (non-hydrogen) atoms. The van der Waals surface area contributed by atoms with Gasteiger partial charge in [0.05, 0.1) is 12.7 Å². The molecule has 1 aromatic rings. The van der Waals surface area contributed by atoms with Gasteiger partial charge in [-0.1, -0.05) is 12.1 Å². The molecule has 0 unspecified atom stereocenters. The minimum Gasteiger partial charge on any atom is -0.387 e. The number of fused-ring (bicyclic) bond motifs is 1. The van der Waals surface area contributed by atoms with Crippen molar-refractivity contribution >= 4 is 11.7 Å². The summed E-state index contributed by atoms with van der Waals surface area (Å²) in [5.74, 6) is 0. The van der Waals surface area contributed by atoms with E-state index in [-0.39, 0.29) is 12.6 Å². The zero-order chi connectivity index (χ0) is 15.2. The summed E-state index contributed by atoms with van der Waals surface area (Å²) >= 11 is 0. The second-order valence-electron chi connectivity index (χ2n) is 5.21. The third-order valence-corrected chi connectivity index (χ3v) is 3.66. The van der Waals surface area contributed by atoms with E-state index in [0.717, 1.165) is 18.5 Å². The number of urea groups is 1. The number of aliphatic hydroxyl groups is 1. The monoisotopic (exact) mass is 293 g/mol. The normalized spacial score (nSPS) is 14.7. The van der Waals surface area contributed by atoms with Crippen LogP contribution in [0, 0.1) is 0 Å². The smallest absolute Gasteiger partial charge is 0.314 e. The number of aliphatic hydroxyl groups excluding tert-OH is 1. The number of hydrogen-bond donors (Lipinski definition) is 3. The summed E-state index contributed by atoms with van der Waals surface area (Å²) in [6, 6.07) is 5.66. The number of methoxy groups -OCH3 is 1. The Labute approximate surface area is 125 Å². The molecule has 116 valence electrons. The molecule has 6 heteroatoms. The van der Waals surface area contributed by atoms with Crippen molar-refractivity contribution in [1.82, 2.24) is 10.6 Å². The predicted octanol–water partition coefficient (Wildman–Crippen LogP) is 0.658. The number of nitrogens with zero attached hydrogens (tertiary/aromatic N) is 1. The van der Waals surface area contributed by atoms with Gasteiger partial charge in [0.15, 0.2) is 0 Å². The van der Waals surface area contributed by atoms with Crippen molar-refractivity contribution in [1.29, 1.82) is 0 Å². The fourth-order valence-corrected chi connectivity index (χ4v) is 2.43. The van der Waals surface area contributed by atoms with Crippen LogP contribution in [0.2, 0.25) is 0 Å². The fraction of sp³-hybridized carbons (Fsp3) is 0.533. The average Bonchev–Trinajstić information content (AvgIpc) is 2.86. The standard InChI is InChI=1S/C15H23N3O3/c1-18-7-5-11-9-12(3-4-13(11)18)14(19)10-17-15(20)16-6-8-21-2/h3-4,9,14,19H,5-8,10H2,1-2H3,(H2,16,17,20)/t14-/m0/s1. The van der Waals surface area contributed by atoms with Gasteiger partial charge in [0.25, 0.3) is 0 Å². The van der Waals surface area contributed by atoms with E-state index in [1.165, 1.54) is 11.3 Å². The molecule has 0 saturated heterocycles. The van der Waals surface area contributed by atoms with Crippen molar-refractivity contribution in [3.63, 3.8) is 0 Å². The Kier molecular flexibility index (Phi) is 5.41. The summed E-state index contributed by atoms with van der Waals surface area (Å²) in [4.78, 5) is 13.7. The summed E-state index contributed by atoms with van der Waals surface area (Å²) in [7, 11) is 3.64. The first-order valence-corrected chi connectivity index (χ1v) is 7.14. The van der Waals surface area contributed by atoms with Crippen LogP contribution in [0.15, 0.2) is 18.2 Å². The van der Waals surface area contributed by atoms with E-state index in [0.29, 0.717) is 13.2 Å². The Morgan fingerprint density at radius 1 is 1.48 bits per heavy atom. The lowest BCUT2D eigenvalue weighted by Crippen LogP contribution is -2.39. The van der Waals surface area contributed by atoms with E-state index in [2.05, 4.69) is 22.6 Å². The molecule has 0 bridgehead atoms. The second kappa shape index (κ2) is 7.28. The van der Waals surface area contributed by atoms with Crippen LogP contribution in [-0.2, 0) is 11.2 Å². The highest BCUT2D eigenvalue weighted by Gasteiger charge is 2.18. The molecule has 0 spiro atoms. The highest BCUT2D eigenvalue weighted by molar-refractivity contribution is 5.73. The van der Waals surface area contributed by atoms with E-state index < -0.39 is 6.10 Å². The molecule has 0 fully saturated rings. The van der Waals surface area contributed by atoms with Gasteiger partial charge in [0, 0.05) is 39.5 Å². The zero-order valence-electron chi connectivity index (χ0n) is 12.6. The first kappa shape index (κ1) is 15.6. The topological polar surface area (TPSA) is 73.8 Å². The molecule has 6 nitrogen and oxygen atoms in total. The van der Waals surface area contributed by atoms with Crippen LogP contribution in [0.5, 0.6) is 0 Å². The number of amides is 2. The van der Waals surface area contributed by atoms with Crippen LogP contribution in [-0.4, -0.2) is 51.5 Å². The molecule has 1 aliphatic rings. The fourth-order valence-electron chi connectivity index (χ4n) is 2.43. The van der Waals surface area contributed by atoms with Crippen LogP contribution >= 0.6 is 0 Å². The number of benzene rings is 1. The van der Waals surface area contributed by atoms with Crippen LogP contribution in [0.4, 0.5) is 10.5 Å². The van der Waals surface area contributed by atoms with E-state index >= 15 is 0 Å². The summed E-state index contributed by atoms with van der Waals surface area (Å²) in [5, 5.41) is 15.5.